The van der Waals surface area contributed by atoms with Crippen molar-refractivity contribution in [1.29, 1.82) is 0 Å². The van der Waals surface area contributed by atoms with Crippen LogP contribution < -0.4 is 14.4 Å². The molecule has 0 saturated carbocycles. The van der Waals surface area contributed by atoms with Crippen LogP contribution in [0.25, 0.3) is 0 Å². The van der Waals surface area contributed by atoms with E-state index in [0.29, 0.717) is 23.1 Å². The van der Waals surface area contributed by atoms with Crippen molar-refractivity contribution in [2.75, 3.05) is 23.2 Å². The van der Waals surface area contributed by atoms with Gasteiger partial charge in [-0.1, -0.05) is 25.1 Å². The minimum Gasteiger partial charge on any atom is -0.454 e. The zero-order valence-electron chi connectivity index (χ0n) is 14.4. The van der Waals surface area contributed by atoms with Gasteiger partial charge in [0.05, 0.1) is 17.5 Å². The molecule has 26 heavy (non-hydrogen) atoms. The van der Waals surface area contributed by atoms with Crippen molar-refractivity contribution < 1.29 is 22.7 Å². The molecule has 1 aromatic rings. The Balaban J connectivity index is 1.68. The van der Waals surface area contributed by atoms with Gasteiger partial charge in [-0.2, -0.15) is 4.99 Å². The van der Waals surface area contributed by atoms with Crippen LogP contribution in [0, 0.1) is 0 Å². The van der Waals surface area contributed by atoms with Crippen LogP contribution in [-0.2, 0) is 14.6 Å². The smallest absolute Gasteiger partial charge is 0.248 e. The van der Waals surface area contributed by atoms with Crippen LogP contribution in [0.5, 0.6) is 11.5 Å². The molecule has 4 rings (SSSR count). The molecular formula is C17H20N2O5S2. The van der Waals surface area contributed by atoms with E-state index in [0.717, 1.165) is 18.5 Å². The second-order valence-corrected chi connectivity index (χ2v) is 9.96. The summed E-state index contributed by atoms with van der Waals surface area (Å²) in [6.45, 7) is 2.20. The average molecular weight is 396 g/mol. The van der Waals surface area contributed by atoms with Crippen LogP contribution in [-0.4, -0.2) is 49.1 Å². The lowest BCUT2D eigenvalue weighted by atomic mass is 10.2. The fourth-order valence-corrected chi connectivity index (χ4v) is 7.32. The molecule has 2 fully saturated rings. The van der Waals surface area contributed by atoms with E-state index in [9.17, 15) is 13.2 Å². The van der Waals surface area contributed by atoms with E-state index >= 15 is 0 Å². The number of amidine groups is 1. The first-order chi connectivity index (χ1) is 12.5. The molecule has 140 valence electrons. The van der Waals surface area contributed by atoms with Gasteiger partial charge in [0.1, 0.15) is 0 Å². The molecular weight excluding hydrogens is 376 g/mol. The predicted octanol–water partition coefficient (Wildman–Crippen LogP) is 2.21. The molecule has 0 bridgehead atoms. The van der Waals surface area contributed by atoms with Gasteiger partial charge in [0.25, 0.3) is 0 Å². The van der Waals surface area contributed by atoms with Gasteiger partial charge in [-0.25, -0.2) is 8.42 Å². The number of aliphatic imine (C=N–C) groups is 1. The average Bonchev–Trinajstić information content (AvgIpc) is 3.24. The fourth-order valence-electron chi connectivity index (χ4n) is 3.39. The highest BCUT2D eigenvalue weighted by atomic mass is 32.2. The maximum atomic E-state index is 12.2. The Labute approximate surface area is 156 Å². The number of unbranched alkanes of at least 4 members (excludes halogenated alkanes) is 1. The SMILES string of the molecule is CCCCC(=O)N=C1S[C@H]2CS(=O)(=O)C[C@H]2N1c1ccc2c(c1)OCO2. The number of benzene rings is 1. The standard InChI is InChI=1S/C17H20N2O5S2/c1-2-3-4-16(20)18-17-19(12-8-26(21,22)9-15(12)25-17)11-5-6-13-14(7-11)24-10-23-13/h5-7,12,15H,2-4,8-10H2,1H3/t12-,15+/m1/s1. The van der Waals surface area contributed by atoms with Gasteiger partial charge in [0, 0.05) is 23.4 Å². The van der Waals surface area contributed by atoms with Crippen molar-refractivity contribution in [3.05, 3.63) is 18.2 Å². The van der Waals surface area contributed by atoms with E-state index in [1.54, 1.807) is 6.07 Å². The second kappa shape index (κ2) is 6.77. The monoisotopic (exact) mass is 396 g/mol. The number of amides is 1. The highest BCUT2D eigenvalue weighted by molar-refractivity contribution is 8.16. The van der Waals surface area contributed by atoms with Crippen LogP contribution in [0.2, 0.25) is 0 Å². The predicted molar refractivity (Wildman–Crippen MR) is 101 cm³/mol. The van der Waals surface area contributed by atoms with Crippen molar-refractivity contribution >= 4 is 38.4 Å². The highest BCUT2D eigenvalue weighted by Gasteiger charge is 2.49. The quantitative estimate of drug-likeness (QED) is 0.771. The first kappa shape index (κ1) is 17.7. The maximum Gasteiger partial charge on any atom is 0.248 e. The molecule has 0 aliphatic carbocycles. The number of rotatable bonds is 4. The van der Waals surface area contributed by atoms with Gasteiger partial charge in [0.15, 0.2) is 26.5 Å². The first-order valence-corrected chi connectivity index (χ1v) is 11.3. The largest absolute Gasteiger partial charge is 0.454 e. The van der Waals surface area contributed by atoms with Gasteiger partial charge in [0.2, 0.25) is 12.7 Å². The van der Waals surface area contributed by atoms with E-state index in [-0.39, 0.29) is 35.5 Å². The number of carbonyl (C=O) groups excluding carboxylic acids is 1. The maximum absolute atomic E-state index is 12.2. The lowest BCUT2D eigenvalue weighted by molar-refractivity contribution is -0.117. The summed E-state index contributed by atoms with van der Waals surface area (Å²) in [6.07, 6.45) is 2.13. The van der Waals surface area contributed by atoms with Crippen LogP contribution in [0.15, 0.2) is 23.2 Å². The Morgan fingerprint density at radius 2 is 2.12 bits per heavy atom. The summed E-state index contributed by atoms with van der Waals surface area (Å²) in [6, 6.07) is 5.26. The second-order valence-electron chi connectivity index (χ2n) is 6.60. The van der Waals surface area contributed by atoms with Gasteiger partial charge in [-0.3, -0.25) is 4.79 Å². The Hall–Kier alpha value is -1.74. The van der Waals surface area contributed by atoms with E-state index < -0.39 is 9.84 Å². The summed E-state index contributed by atoms with van der Waals surface area (Å²) < 4.78 is 35.0. The number of fused-ring (bicyclic) bond motifs is 2. The molecule has 3 heterocycles. The number of carbonyl (C=O) groups is 1. The molecule has 0 aromatic heterocycles. The van der Waals surface area contributed by atoms with Crippen molar-refractivity contribution in [2.24, 2.45) is 4.99 Å². The summed E-state index contributed by atoms with van der Waals surface area (Å²) in [7, 11) is -3.08. The van der Waals surface area contributed by atoms with Gasteiger partial charge in [-0.05, 0) is 18.6 Å². The van der Waals surface area contributed by atoms with E-state index in [1.807, 2.05) is 24.0 Å². The molecule has 0 unspecified atom stereocenters. The number of nitrogens with zero attached hydrogens (tertiary/aromatic N) is 2. The number of ether oxygens (including phenoxy) is 2. The molecule has 3 aliphatic heterocycles. The normalized spacial score (nSPS) is 27.1. The van der Waals surface area contributed by atoms with Crippen LogP contribution >= 0.6 is 11.8 Å². The van der Waals surface area contributed by atoms with Crippen molar-refractivity contribution in [3.8, 4) is 11.5 Å². The van der Waals surface area contributed by atoms with E-state index in [4.69, 9.17) is 9.47 Å². The highest BCUT2D eigenvalue weighted by Crippen LogP contribution is 2.43. The zero-order valence-corrected chi connectivity index (χ0v) is 16.0. The van der Waals surface area contributed by atoms with E-state index in [2.05, 4.69) is 4.99 Å². The van der Waals surface area contributed by atoms with Crippen LogP contribution in [0.1, 0.15) is 26.2 Å². The Kier molecular flexibility index (Phi) is 4.60. The topological polar surface area (TPSA) is 85.3 Å². The molecule has 9 heteroatoms. The van der Waals surface area contributed by atoms with Crippen molar-refractivity contribution in [1.82, 2.24) is 0 Å². The number of hydrogen-bond donors (Lipinski definition) is 0. The third-order valence-electron chi connectivity index (χ3n) is 4.67. The summed E-state index contributed by atoms with van der Waals surface area (Å²) >= 11 is 1.39. The minimum absolute atomic E-state index is 0.0707. The molecule has 1 aromatic carbocycles. The zero-order chi connectivity index (χ0) is 18.3. The van der Waals surface area contributed by atoms with E-state index in [1.165, 1.54) is 11.8 Å². The lowest BCUT2D eigenvalue weighted by Crippen LogP contribution is -2.37. The Morgan fingerprint density at radius 1 is 1.31 bits per heavy atom. The summed E-state index contributed by atoms with van der Waals surface area (Å²) in [5.41, 5.74) is 0.772. The van der Waals surface area contributed by atoms with Gasteiger partial charge >= 0.3 is 0 Å². The minimum atomic E-state index is -3.08. The number of sulfone groups is 1. The molecule has 0 radical (unpaired) electrons. The number of anilines is 1. The fraction of sp³-hybridized carbons (Fsp3) is 0.529. The number of hydrogen-bond acceptors (Lipinski definition) is 6. The summed E-state index contributed by atoms with van der Waals surface area (Å²) in [5, 5.41) is 0.470. The molecule has 2 atom stereocenters. The molecule has 1 amide bonds. The van der Waals surface area contributed by atoms with Crippen molar-refractivity contribution in [3.63, 3.8) is 0 Å². The first-order valence-electron chi connectivity index (χ1n) is 8.64. The molecule has 3 aliphatic rings. The van der Waals surface area contributed by atoms with Crippen LogP contribution in [0.3, 0.4) is 0 Å². The van der Waals surface area contributed by atoms with Gasteiger partial charge < -0.3 is 14.4 Å². The molecule has 7 nitrogen and oxygen atoms in total. The third kappa shape index (κ3) is 3.29. The van der Waals surface area contributed by atoms with Gasteiger partial charge in [-0.15, -0.1) is 0 Å². The van der Waals surface area contributed by atoms with Crippen molar-refractivity contribution in [2.45, 2.75) is 37.5 Å². The summed E-state index contributed by atoms with van der Waals surface area (Å²) in [4.78, 5) is 18.4. The van der Waals surface area contributed by atoms with Crippen LogP contribution in [0.4, 0.5) is 5.69 Å². The Morgan fingerprint density at radius 3 is 2.92 bits per heavy atom. The Bertz CT molecular complexity index is 868. The number of thioether (sulfide) groups is 1. The summed E-state index contributed by atoms with van der Waals surface area (Å²) in [5.74, 6) is 1.30. The molecule has 2 saturated heterocycles. The molecule has 0 spiro atoms. The molecule has 0 N–H and O–H groups in total. The lowest BCUT2D eigenvalue weighted by Gasteiger charge is -2.24. The third-order valence-corrected chi connectivity index (χ3v) is 7.88.